The molecule has 0 unspecified atom stereocenters. The number of hydrogen-bond acceptors (Lipinski definition) is 6. The third-order valence-electron chi connectivity index (χ3n) is 5.46. The molecule has 1 rings (SSSR count). The van der Waals surface area contributed by atoms with Crippen LogP contribution in [0.25, 0.3) is 0 Å². The lowest BCUT2D eigenvalue weighted by Crippen LogP contribution is -2.41. The van der Waals surface area contributed by atoms with Crippen molar-refractivity contribution in [3.8, 4) is 0 Å². The van der Waals surface area contributed by atoms with Gasteiger partial charge in [0.2, 0.25) is 0 Å². The monoisotopic (exact) mass is 434 g/mol. The van der Waals surface area contributed by atoms with Gasteiger partial charge in [-0.2, -0.15) is 0 Å². The molecule has 0 saturated carbocycles. The van der Waals surface area contributed by atoms with Gasteiger partial charge in [-0.05, 0) is 57.9 Å². The Hall–Kier alpha value is -2.18. The molecule has 0 amide bonds. The zero-order valence-electron chi connectivity index (χ0n) is 19.4. The maximum Gasteiger partial charge on any atom is 0.331 e. The molecule has 2 N–H and O–H groups in total. The number of aliphatic hydroxyl groups excluding tert-OH is 2. The zero-order valence-corrected chi connectivity index (χ0v) is 19.4. The SMILES string of the molecule is C/C=C(\C)C[C@H](C)C[C@H](C)[C@H]1OC(=O)C=C[C@@H]1OC(=O)/C=C/C(C)=C/[C@H](CO)CCO. The number of aliphatic hydroxyl groups is 2. The van der Waals surface area contributed by atoms with Gasteiger partial charge >= 0.3 is 11.9 Å². The summed E-state index contributed by atoms with van der Waals surface area (Å²) in [5, 5.41) is 18.3. The Morgan fingerprint density at radius 2 is 1.97 bits per heavy atom. The van der Waals surface area contributed by atoms with E-state index < -0.39 is 24.1 Å². The van der Waals surface area contributed by atoms with Crippen LogP contribution in [0.15, 0.2) is 47.6 Å². The third-order valence-corrected chi connectivity index (χ3v) is 5.46. The topological polar surface area (TPSA) is 93.1 Å². The van der Waals surface area contributed by atoms with Crippen LogP contribution in [-0.4, -0.2) is 47.6 Å². The number of ether oxygens (including phenoxy) is 2. The Labute approximate surface area is 186 Å². The van der Waals surface area contributed by atoms with E-state index in [0.717, 1.165) is 18.4 Å². The van der Waals surface area contributed by atoms with Crippen molar-refractivity contribution in [3.63, 3.8) is 0 Å². The average molecular weight is 435 g/mol. The van der Waals surface area contributed by atoms with E-state index in [9.17, 15) is 14.7 Å². The first-order valence-electron chi connectivity index (χ1n) is 11.0. The van der Waals surface area contributed by atoms with E-state index >= 15 is 0 Å². The molecule has 0 bridgehead atoms. The minimum atomic E-state index is -0.635. The molecule has 1 aliphatic heterocycles. The highest BCUT2D eigenvalue weighted by Crippen LogP contribution is 2.28. The largest absolute Gasteiger partial charge is 0.455 e. The lowest BCUT2D eigenvalue weighted by Gasteiger charge is -2.32. The minimum Gasteiger partial charge on any atom is -0.455 e. The zero-order chi connectivity index (χ0) is 23.4. The van der Waals surface area contributed by atoms with E-state index in [1.807, 2.05) is 20.8 Å². The van der Waals surface area contributed by atoms with Gasteiger partial charge in [0.1, 0.15) is 6.10 Å². The van der Waals surface area contributed by atoms with Crippen LogP contribution in [-0.2, 0) is 19.1 Å². The van der Waals surface area contributed by atoms with Gasteiger partial charge in [0.15, 0.2) is 6.10 Å². The van der Waals surface area contributed by atoms with Crippen molar-refractivity contribution in [2.24, 2.45) is 17.8 Å². The van der Waals surface area contributed by atoms with Gasteiger partial charge in [0.25, 0.3) is 0 Å². The summed E-state index contributed by atoms with van der Waals surface area (Å²) in [7, 11) is 0. The number of esters is 2. The summed E-state index contributed by atoms with van der Waals surface area (Å²) in [6.45, 7) is 10.0. The van der Waals surface area contributed by atoms with Gasteiger partial charge in [-0.1, -0.05) is 43.2 Å². The maximum atomic E-state index is 12.3. The summed E-state index contributed by atoms with van der Waals surface area (Å²) in [6.07, 6.45) is 10.8. The molecule has 0 aromatic heterocycles. The molecule has 0 aromatic carbocycles. The predicted octanol–water partition coefficient (Wildman–Crippen LogP) is 3.89. The van der Waals surface area contributed by atoms with E-state index in [0.29, 0.717) is 12.3 Å². The van der Waals surface area contributed by atoms with Crippen LogP contribution in [0.4, 0.5) is 0 Å². The first-order chi connectivity index (χ1) is 14.7. The van der Waals surface area contributed by atoms with Gasteiger partial charge in [0, 0.05) is 31.3 Å². The molecule has 0 saturated heterocycles. The third kappa shape index (κ3) is 10.1. The highest BCUT2D eigenvalue weighted by molar-refractivity contribution is 5.85. The van der Waals surface area contributed by atoms with Crippen LogP contribution >= 0.6 is 0 Å². The normalized spacial score (nSPS) is 22.9. The lowest BCUT2D eigenvalue weighted by molar-refractivity contribution is -0.164. The molecule has 0 radical (unpaired) electrons. The standard InChI is InChI=1S/C25H38O6/c1-6-17(2)13-19(4)14-20(5)25-22(8-10-24(29)31-25)30-23(28)9-7-18(3)15-21(16-27)11-12-26/h6-10,15,19-22,25-27H,11-14,16H2,1-5H3/b9-7+,17-6+,18-15+/t19-,20-,21+,22-,25+/m0/s1. The second kappa shape index (κ2) is 14.0. The first-order valence-corrected chi connectivity index (χ1v) is 11.0. The van der Waals surface area contributed by atoms with Crippen LogP contribution in [0.2, 0.25) is 0 Å². The van der Waals surface area contributed by atoms with E-state index in [1.165, 1.54) is 17.7 Å². The molecule has 0 fully saturated rings. The van der Waals surface area contributed by atoms with Crippen molar-refractivity contribution < 1.29 is 29.3 Å². The number of rotatable bonds is 12. The van der Waals surface area contributed by atoms with Crippen LogP contribution in [0.5, 0.6) is 0 Å². The van der Waals surface area contributed by atoms with Crippen molar-refractivity contribution in [1.29, 1.82) is 0 Å². The Morgan fingerprint density at radius 3 is 2.58 bits per heavy atom. The molecule has 31 heavy (non-hydrogen) atoms. The smallest absolute Gasteiger partial charge is 0.331 e. The van der Waals surface area contributed by atoms with Crippen molar-refractivity contribution in [2.75, 3.05) is 13.2 Å². The van der Waals surface area contributed by atoms with Gasteiger partial charge < -0.3 is 19.7 Å². The second-order valence-electron chi connectivity index (χ2n) is 8.52. The first kappa shape index (κ1) is 26.9. The number of carbonyl (C=O) groups excluding carboxylic acids is 2. The minimum absolute atomic E-state index is 0.0139. The molecule has 0 aromatic rings. The summed E-state index contributed by atoms with van der Waals surface area (Å²) < 4.78 is 11.1. The van der Waals surface area contributed by atoms with Gasteiger partial charge in [0.05, 0.1) is 0 Å². The van der Waals surface area contributed by atoms with Gasteiger partial charge in [-0.25, -0.2) is 9.59 Å². The van der Waals surface area contributed by atoms with Gasteiger partial charge in [-0.3, -0.25) is 0 Å². The molecular weight excluding hydrogens is 396 g/mol. The summed E-state index contributed by atoms with van der Waals surface area (Å²) in [5.41, 5.74) is 2.10. The average Bonchev–Trinajstić information content (AvgIpc) is 2.72. The fourth-order valence-electron chi connectivity index (χ4n) is 3.78. The van der Waals surface area contributed by atoms with Crippen LogP contribution < -0.4 is 0 Å². The van der Waals surface area contributed by atoms with Crippen LogP contribution in [0, 0.1) is 17.8 Å². The lowest BCUT2D eigenvalue weighted by atomic mass is 9.86. The Morgan fingerprint density at radius 1 is 1.26 bits per heavy atom. The van der Waals surface area contributed by atoms with Crippen molar-refractivity contribution >= 4 is 11.9 Å². The number of carbonyl (C=O) groups is 2. The van der Waals surface area contributed by atoms with Crippen molar-refractivity contribution in [2.45, 2.75) is 66.1 Å². The fraction of sp³-hybridized carbons (Fsp3) is 0.600. The quantitative estimate of drug-likeness (QED) is 0.209. The highest BCUT2D eigenvalue weighted by Gasteiger charge is 2.34. The van der Waals surface area contributed by atoms with Crippen molar-refractivity contribution in [3.05, 3.63) is 47.6 Å². The molecule has 5 atom stereocenters. The molecular formula is C25H38O6. The molecule has 6 heteroatoms. The summed E-state index contributed by atoms with van der Waals surface area (Å²) in [6, 6.07) is 0. The number of cyclic esters (lactones) is 1. The Balaban J connectivity index is 2.76. The van der Waals surface area contributed by atoms with Crippen LogP contribution in [0.1, 0.15) is 53.9 Å². The summed E-state index contributed by atoms with van der Waals surface area (Å²) >= 11 is 0. The van der Waals surface area contributed by atoms with E-state index in [2.05, 4.69) is 19.9 Å². The summed E-state index contributed by atoms with van der Waals surface area (Å²) in [5.74, 6) is -0.670. The molecule has 1 heterocycles. The molecule has 6 nitrogen and oxygen atoms in total. The maximum absolute atomic E-state index is 12.3. The second-order valence-corrected chi connectivity index (χ2v) is 8.52. The van der Waals surface area contributed by atoms with E-state index in [4.69, 9.17) is 14.6 Å². The van der Waals surface area contributed by atoms with Crippen molar-refractivity contribution in [1.82, 2.24) is 0 Å². The molecule has 174 valence electrons. The van der Waals surface area contributed by atoms with Crippen LogP contribution in [0.3, 0.4) is 0 Å². The van der Waals surface area contributed by atoms with E-state index in [1.54, 1.807) is 18.2 Å². The molecule has 0 aliphatic carbocycles. The summed E-state index contributed by atoms with van der Waals surface area (Å²) in [4.78, 5) is 24.1. The number of hydrogen-bond donors (Lipinski definition) is 2. The van der Waals surface area contributed by atoms with Gasteiger partial charge in [-0.15, -0.1) is 0 Å². The Bertz CT molecular complexity index is 703. The molecule has 0 spiro atoms. The fourth-order valence-corrected chi connectivity index (χ4v) is 3.78. The Kier molecular flexibility index (Phi) is 12.1. The van der Waals surface area contributed by atoms with E-state index in [-0.39, 0.29) is 25.0 Å². The predicted molar refractivity (Wildman–Crippen MR) is 121 cm³/mol. The number of allylic oxidation sites excluding steroid dienone is 4. The highest BCUT2D eigenvalue weighted by atomic mass is 16.6. The molecule has 1 aliphatic rings.